The summed E-state index contributed by atoms with van der Waals surface area (Å²) in [6, 6.07) is 4.58. The minimum absolute atomic E-state index is 0.276. The molecule has 0 aliphatic carbocycles. The van der Waals surface area contributed by atoms with Crippen molar-refractivity contribution in [2.24, 2.45) is 5.73 Å². The molecule has 1 aromatic rings. The normalized spacial score (nSPS) is 9.92. The molecule has 0 saturated carbocycles. The van der Waals surface area contributed by atoms with E-state index in [-0.39, 0.29) is 5.82 Å². The van der Waals surface area contributed by atoms with Gasteiger partial charge in [-0.15, -0.1) is 0 Å². The van der Waals surface area contributed by atoms with Gasteiger partial charge in [-0.05, 0) is 24.6 Å². The van der Waals surface area contributed by atoms with Crippen LogP contribution in [0.3, 0.4) is 0 Å². The van der Waals surface area contributed by atoms with E-state index < -0.39 is 0 Å². The Morgan fingerprint density at radius 3 is 2.75 bits per heavy atom. The van der Waals surface area contributed by atoms with Crippen molar-refractivity contribution >= 4 is 0 Å². The molecule has 12 heavy (non-hydrogen) atoms. The van der Waals surface area contributed by atoms with Gasteiger partial charge in [0.05, 0.1) is 0 Å². The summed E-state index contributed by atoms with van der Waals surface area (Å²) in [5, 5.41) is 0. The lowest BCUT2D eigenvalue weighted by atomic mass is 10.2. The Balaban J connectivity index is 2.72. The fourth-order valence-corrected chi connectivity index (χ4v) is 0.963. The first-order valence-electron chi connectivity index (χ1n) is 3.82. The second-order valence-corrected chi connectivity index (χ2v) is 2.60. The van der Waals surface area contributed by atoms with E-state index in [1.165, 1.54) is 12.1 Å². The highest BCUT2D eigenvalue weighted by Crippen LogP contribution is 2.15. The van der Waals surface area contributed by atoms with Crippen LogP contribution in [0.2, 0.25) is 0 Å². The van der Waals surface area contributed by atoms with Crippen molar-refractivity contribution in [3.05, 3.63) is 29.6 Å². The van der Waals surface area contributed by atoms with Gasteiger partial charge in [-0.2, -0.15) is 0 Å². The number of benzene rings is 1. The standard InChI is InChI=1S/C9H12FNO/c1-7-4-8(10)6-9(5-7)12-3-2-11/h4-6H,2-3,11H2,1H3. The fourth-order valence-electron chi connectivity index (χ4n) is 0.963. The van der Waals surface area contributed by atoms with Crippen molar-refractivity contribution in [3.8, 4) is 5.75 Å². The van der Waals surface area contributed by atoms with Crippen LogP contribution in [0.15, 0.2) is 18.2 Å². The van der Waals surface area contributed by atoms with Gasteiger partial charge in [0.2, 0.25) is 0 Å². The first-order chi connectivity index (χ1) is 5.72. The highest BCUT2D eigenvalue weighted by Gasteiger charge is 1.97. The molecule has 0 spiro atoms. The van der Waals surface area contributed by atoms with Crippen molar-refractivity contribution in [3.63, 3.8) is 0 Å². The molecule has 0 bridgehead atoms. The molecule has 66 valence electrons. The summed E-state index contributed by atoms with van der Waals surface area (Å²) >= 11 is 0. The minimum Gasteiger partial charge on any atom is -0.492 e. The summed E-state index contributed by atoms with van der Waals surface area (Å²) in [6.07, 6.45) is 0. The predicted octanol–water partition coefficient (Wildman–Crippen LogP) is 1.47. The van der Waals surface area contributed by atoms with Gasteiger partial charge in [-0.25, -0.2) is 4.39 Å². The molecule has 0 unspecified atom stereocenters. The SMILES string of the molecule is Cc1cc(F)cc(OCCN)c1. The molecule has 0 aromatic heterocycles. The average molecular weight is 169 g/mol. The fraction of sp³-hybridized carbons (Fsp3) is 0.333. The Kier molecular flexibility index (Phi) is 3.05. The van der Waals surface area contributed by atoms with E-state index in [0.29, 0.717) is 18.9 Å². The third kappa shape index (κ3) is 2.51. The van der Waals surface area contributed by atoms with E-state index in [0.717, 1.165) is 5.56 Å². The highest BCUT2D eigenvalue weighted by molar-refractivity contribution is 5.28. The Morgan fingerprint density at radius 1 is 1.42 bits per heavy atom. The quantitative estimate of drug-likeness (QED) is 0.743. The largest absolute Gasteiger partial charge is 0.492 e. The van der Waals surface area contributed by atoms with Crippen molar-refractivity contribution < 1.29 is 9.13 Å². The van der Waals surface area contributed by atoms with Gasteiger partial charge in [-0.3, -0.25) is 0 Å². The highest BCUT2D eigenvalue weighted by atomic mass is 19.1. The number of ether oxygens (including phenoxy) is 1. The maximum absolute atomic E-state index is 12.7. The lowest BCUT2D eigenvalue weighted by molar-refractivity contribution is 0.326. The van der Waals surface area contributed by atoms with Gasteiger partial charge in [0, 0.05) is 12.6 Å². The predicted molar refractivity (Wildman–Crippen MR) is 45.7 cm³/mol. The third-order valence-corrected chi connectivity index (χ3v) is 1.40. The summed E-state index contributed by atoms with van der Waals surface area (Å²) in [6.45, 7) is 2.68. The molecule has 0 heterocycles. The van der Waals surface area contributed by atoms with Gasteiger partial charge < -0.3 is 10.5 Å². The number of rotatable bonds is 3. The maximum atomic E-state index is 12.7. The number of hydrogen-bond donors (Lipinski definition) is 1. The molecule has 0 aliphatic rings. The topological polar surface area (TPSA) is 35.2 Å². The Labute approximate surface area is 71.1 Å². The van der Waals surface area contributed by atoms with Crippen molar-refractivity contribution in [1.82, 2.24) is 0 Å². The van der Waals surface area contributed by atoms with Crippen molar-refractivity contribution in [1.29, 1.82) is 0 Å². The second-order valence-electron chi connectivity index (χ2n) is 2.60. The number of halogens is 1. The molecule has 0 atom stereocenters. The zero-order valence-corrected chi connectivity index (χ0v) is 7.01. The van der Waals surface area contributed by atoms with Crippen LogP contribution in [0.1, 0.15) is 5.56 Å². The summed E-state index contributed by atoms with van der Waals surface area (Å²) in [5.41, 5.74) is 6.08. The summed E-state index contributed by atoms with van der Waals surface area (Å²) in [7, 11) is 0. The number of nitrogens with two attached hydrogens (primary N) is 1. The molecule has 0 amide bonds. The van der Waals surface area contributed by atoms with E-state index in [1.807, 2.05) is 6.92 Å². The zero-order valence-electron chi connectivity index (χ0n) is 7.01. The van der Waals surface area contributed by atoms with E-state index in [4.69, 9.17) is 10.5 Å². The van der Waals surface area contributed by atoms with Gasteiger partial charge >= 0.3 is 0 Å². The van der Waals surface area contributed by atoms with Gasteiger partial charge in [0.25, 0.3) is 0 Å². The first-order valence-corrected chi connectivity index (χ1v) is 3.82. The van der Waals surface area contributed by atoms with Crippen LogP contribution in [-0.4, -0.2) is 13.2 Å². The zero-order chi connectivity index (χ0) is 8.97. The maximum Gasteiger partial charge on any atom is 0.127 e. The first kappa shape index (κ1) is 9.00. The Hall–Kier alpha value is -1.09. The van der Waals surface area contributed by atoms with Gasteiger partial charge in [-0.1, -0.05) is 0 Å². The lowest BCUT2D eigenvalue weighted by Crippen LogP contribution is -2.10. The molecule has 3 heteroatoms. The van der Waals surface area contributed by atoms with Crippen LogP contribution in [0.4, 0.5) is 4.39 Å². The van der Waals surface area contributed by atoms with Crippen LogP contribution in [0.5, 0.6) is 5.75 Å². The molecule has 0 fully saturated rings. The molecule has 1 rings (SSSR count). The van der Waals surface area contributed by atoms with E-state index in [9.17, 15) is 4.39 Å². The van der Waals surface area contributed by atoms with E-state index >= 15 is 0 Å². The summed E-state index contributed by atoms with van der Waals surface area (Å²) < 4.78 is 17.9. The van der Waals surface area contributed by atoms with Crippen molar-refractivity contribution in [2.75, 3.05) is 13.2 Å². The van der Waals surface area contributed by atoms with Crippen LogP contribution < -0.4 is 10.5 Å². The molecule has 0 aliphatic heterocycles. The Bertz CT molecular complexity index is 242. The molecule has 2 nitrogen and oxygen atoms in total. The van der Waals surface area contributed by atoms with E-state index in [2.05, 4.69) is 0 Å². The molecule has 0 saturated heterocycles. The Morgan fingerprint density at radius 2 is 2.17 bits per heavy atom. The van der Waals surface area contributed by atoms with E-state index in [1.54, 1.807) is 6.07 Å². The van der Waals surface area contributed by atoms with Crippen LogP contribution in [-0.2, 0) is 0 Å². The average Bonchev–Trinajstić information content (AvgIpc) is 1.99. The minimum atomic E-state index is -0.276. The van der Waals surface area contributed by atoms with Gasteiger partial charge in [0.1, 0.15) is 18.2 Å². The lowest BCUT2D eigenvalue weighted by Gasteiger charge is -2.04. The molecule has 0 radical (unpaired) electrons. The molecular weight excluding hydrogens is 157 g/mol. The van der Waals surface area contributed by atoms with Gasteiger partial charge in [0.15, 0.2) is 0 Å². The van der Waals surface area contributed by atoms with Crippen molar-refractivity contribution in [2.45, 2.75) is 6.92 Å². The molecule has 2 N–H and O–H groups in total. The summed E-state index contributed by atoms with van der Waals surface area (Å²) in [5.74, 6) is 0.264. The van der Waals surface area contributed by atoms with Crippen LogP contribution in [0.25, 0.3) is 0 Å². The molecule has 1 aromatic carbocycles. The van der Waals surface area contributed by atoms with Crippen LogP contribution >= 0.6 is 0 Å². The third-order valence-electron chi connectivity index (χ3n) is 1.40. The van der Waals surface area contributed by atoms with Crippen LogP contribution in [0, 0.1) is 12.7 Å². The smallest absolute Gasteiger partial charge is 0.127 e. The molecular formula is C9H12FNO. The monoisotopic (exact) mass is 169 g/mol. The summed E-state index contributed by atoms with van der Waals surface area (Å²) in [4.78, 5) is 0. The number of hydrogen-bond acceptors (Lipinski definition) is 2. The second kappa shape index (κ2) is 4.07. The number of aryl methyl sites for hydroxylation is 1.